The molecule has 0 fully saturated rings. The van der Waals surface area contributed by atoms with Gasteiger partial charge in [0.2, 0.25) is 11.7 Å². The Bertz CT molecular complexity index is 1120. The lowest BCUT2D eigenvalue weighted by atomic mass is 10.1. The second kappa shape index (κ2) is 11.4. The molecule has 0 unspecified atom stereocenters. The lowest BCUT2D eigenvalue weighted by molar-refractivity contribution is -0.120. The van der Waals surface area contributed by atoms with Crippen LogP contribution in [0.25, 0.3) is 0 Å². The zero-order valence-electron chi connectivity index (χ0n) is 18.5. The molecule has 9 heteroatoms. The zero-order chi connectivity index (χ0) is 23.6. The number of rotatable bonds is 10. The monoisotopic (exact) mass is 452 g/mol. The zero-order valence-corrected chi connectivity index (χ0v) is 18.5. The smallest absolute Gasteiger partial charge is 0.379 e. The Kier molecular flexibility index (Phi) is 8.07. The van der Waals surface area contributed by atoms with Gasteiger partial charge in [0.25, 0.3) is 0 Å². The maximum Gasteiger partial charge on any atom is 0.379 e. The number of carbonyl (C=O) groups excluding carboxylic acids is 2. The number of nitrogens with one attached hydrogen (secondary N) is 1. The molecular formula is C24H24N2O7. The molecule has 0 aliphatic rings. The van der Waals surface area contributed by atoms with E-state index in [0.29, 0.717) is 29.4 Å². The molecule has 0 aliphatic heterocycles. The number of hydrogen-bond donors (Lipinski definition) is 1. The summed E-state index contributed by atoms with van der Waals surface area (Å²) in [4.78, 5) is 24.4. The molecule has 3 rings (SSSR count). The van der Waals surface area contributed by atoms with Crippen LogP contribution in [0.15, 0.2) is 64.3 Å². The normalized spacial score (nSPS) is 10.6. The van der Waals surface area contributed by atoms with Crippen LogP contribution in [0.5, 0.6) is 23.0 Å². The van der Waals surface area contributed by atoms with Gasteiger partial charge in [0.1, 0.15) is 0 Å². The highest BCUT2D eigenvalue weighted by atomic mass is 16.6. The summed E-state index contributed by atoms with van der Waals surface area (Å²) in [6.07, 6.45) is 2.97. The third-order valence-corrected chi connectivity index (χ3v) is 4.41. The molecule has 9 nitrogen and oxygen atoms in total. The van der Waals surface area contributed by atoms with Crippen LogP contribution >= 0.6 is 0 Å². The largest absolute Gasteiger partial charge is 0.493 e. The molecule has 0 atom stereocenters. The third kappa shape index (κ3) is 6.36. The van der Waals surface area contributed by atoms with Crippen LogP contribution in [0.3, 0.4) is 0 Å². The number of esters is 1. The quantitative estimate of drug-likeness (QED) is 0.217. The van der Waals surface area contributed by atoms with Gasteiger partial charge in [-0.15, -0.1) is 0 Å². The number of amides is 1. The minimum atomic E-state index is -0.634. The first-order valence-electron chi connectivity index (χ1n) is 10.1. The molecule has 1 amide bonds. The van der Waals surface area contributed by atoms with Gasteiger partial charge < -0.3 is 23.4 Å². The van der Waals surface area contributed by atoms with Crippen LogP contribution in [0.4, 0.5) is 0 Å². The van der Waals surface area contributed by atoms with Crippen molar-refractivity contribution in [3.63, 3.8) is 0 Å². The van der Waals surface area contributed by atoms with Crippen molar-refractivity contribution in [2.24, 2.45) is 5.10 Å². The van der Waals surface area contributed by atoms with Crippen molar-refractivity contribution < 1.29 is 33.0 Å². The molecule has 1 aromatic heterocycles. The fourth-order valence-corrected chi connectivity index (χ4v) is 2.90. The van der Waals surface area contributed by atoms with E-state index in [1.165, 1.54) is 25.7 Å². The molecule has 2 aromatic carbocycles. The molecule has 0 saturated carbocycles. The van der Waals surface area contributed by atoms with Gasteiger partial charge in [-0.25, -0.2) is 10.2 Å². The van der Waals surface area contributed by atoms with E-state index in [1.54, 1.807) is 49.6 Å². The number of nitrogens with zero attached hydrogens (tertiary/aromatic N) is 1. The number of carbonyl (C=O) groups is 2. The van der Waals surface area contributed by atoms with E-state index < -0.39 is 5.97 Å². The highest BCUT2D eigenvalue weighted by Crippen LogP contribution is 2.29. The lowest BCUT2D eigenvalue weighted by Crippen LogP contribution is -2.19. The minimum Gasteiger partial charge on any atom is -0.493 e. The molecule has 33 heavy (non-hydrogen) atoms. The van der Waals surface area contributed by atoms with E-state index in [9.17, 15) is 9.59 Å². The minimum absolute atomic E-state index is 0.0836. The summed E-state index contributed by atoms with van der Waals surface area (Å²) in [5, 5.41) is 3.99. The maximum absolute atomic E-state index is 12.2. The average Bonchev–Trinajstić information content (AvgIpc) is 3.36. The second-order valence-corrected chi connectivity index (χ2v) is 6.67. The van der Waals surface area contributed by atoms with Crippen molar-refractivity contribution in [1.29, 1.82) is 0 Å². The number of benzene rings is 2. The Hall–Kier alpha value is -4.27. The van der Waals surface area contributed by atoms with Crippen LogP contribution in [0.2, 0.25) is 0 Å². The Labute approximate surface area is 190 Å². The summed E-state index contributed by atoms with van der Waals surface area (Å²) in [6, 6.07) is 13.3. The van der Waals surface area contributed by atoms with Gasteiger partial charge in [0.15, 0.2) is 23.0 Å². The molecule has 0 bridgehead atoms. The molecule has 1 heterocycles. The standard InChI is InChI=1S/C24H24N2O7/c1-4-31-22-13-17(8-10-19(22)33-24(28)20-6-5-11-32-20)15-25-26-23(27)14-16-7-9-18(29-2)21(12-16)30-3/h5-13,15H,4,14H2,1-3H3,(H,26,27). The summed E-state index contributed by atoms with van der Waals surface area (Å²) in [5.74, 6) is 0.883. The first kappa shape index (κ1) is 23.4. The average molecular weight is 452 g/mol. The molecule has 0 aliphatic carbocycles. The lowest BCUT2D eigenvalue weighted by Gasteiger charge is -2.10. The Balaban J connectivity index is 1.62. The van der Waals surface area contributed by atoms with Crippen LogP contribution in [-0.2, 0) is 11.2 Å². The topological polar surface area (TPSA) is 109 Å². The van der Waals surface area contributed by atoms with Crippen molar-refractivity contribution >= 4 is 18.1 Å². The summed E-state index contributed by atoms with van der Waals surface area (Å²) >= 11 is 0. The molecular weight excluding hydrogens is 428 g/mol. The van der Waals surface area contributed by atoms with Crippen molar-refractivity contribution in [2.75, 3.05) is 20.8 Å². The summed E-state index contributed by atoms with van der Waals surface area (Å²) < 4.78 is 26.4. The van der Waals surface area contributed by atoms with Crippen molar-refractivity contribution in [3.8, 4) is 23.0 Å². The molecule has 0 spiro atoms. The molecule has 172 valence electrons. The fraction of sp³-hybridized carbons (Fsp3) is 0.208. The first-order chi connectivity index (χ1) is 16.0. The highest BCUT2D eigenvalue weighted by Gasteiger charge is 2.15. The van der Waals surface area contributed by atoms with Crippen molar-refractivity contribution in [2.45, 2.75) is 13.3 Å². The highest BCUT2D eigenvalue weighted by molar-refractivity contribution is 5.89. The van der Waals surface area contributed by atoms with Gasteiger partial charge in [0, 0.05) is 0 Å². The number of furan rings is 1. The van der Waals surface area contributed by atoms with E-state index in [0.717, 1.165) is 5.56 Å². The van der Waals surface area contributed by atoms with Crippen molar-refractivity contribution in [1.82, 2.24) is 5.43 Å². The first-order valence-corrected chi connectivity index (χ1v) is 10.1. The number of methoxy groups -OCH3 is 2. The van der Waals surface area contributed by atoms with Gasteiger partial charge in [-0.05, 0) is 60.5 Å². The van der Waals surface area contributed by atoms with E-state index in [1.807, 2.05) is 6.92 Å². The SMILES string of the molecule is CCOc1cc(C=NNC(=O)Cc2ccc(OC)c(OC)c2)ccc1OC(=O)c1ccco1. The van der Waals surface area contributed by atoms with Gasteiger partial charge in [0.05, 0.1) is 39.7 Å². The van der Waals surface area contributed by atoms with Gasteiger partial charge in [-0.3, -0.25) is 4.79 Å². The van der Waals surface area contributed by atoms with Gasteiger partial charge in [-0.2, -0.15) is 5.10 Å². The summed E-state index contributed by atoms with van der Waals surface area (Å²) in [5.41, 5.74) is 3.88. The summed E-state index contributed by atoms with van der Waals surface area (Å²) in [6.45, 7) is 2.18. The molecule has 0 radical (unpaired) electrons. The van der Waals surface area contributed by atoms with Crippen LogP contribution in [0.1, 0.15) is 28.6 Å². The summed E-state index contributed by atoms with van der Waals surface area (Å²) in [7, 11) is 3.08. The maximum atomic E-state index is 12.2. The van der Waals surface area contributed by atoms with E-state index in [-0.39, 0.29) is 23.8 Å². The number of hydrogen-bond acceptors (Lipinski definition) is 8. The van der Waals surface area contributed by atoms with E-state index >= 15 is 0 Å². The number of ether oxygens (including phenoxy) is 4. The predicted octanol–water partition coefficient (Wildman–Crippen LogP) is 3.61. The Morgan fingerprint density at radius 2 is 1.79 bits per heavy atom. The molecule has 0 saturated heterocycles. The Morgan fingerprint density at radius 3 is 2.48 bits per heavy atom. The van der Waals surface area contributed by atoms with Crippen LogP contribution < -0.4 is 24.4 Å². The number of hydrazone groups is 1. The van der Waals surface area contributed by atoms with E-state index in [2.05, 4.69) is 10.5 Å². The predicted molar refractivity (Wildman–Crippen MR) is 120 cm³/mol. The fourth-order valence-electron chi connectivity index (χ4n) is 2.90. The second-order valence-electron chi connectivity index (χ2n) is 6.67. The Morgan fingerprint density at radius 1 is 1.00 bits per heavy atom. The van der Waals surface area contributed by atoms with Gasteiger partial charge in [-0.1, -0.05) is 6.07 Å². The molecule has 1 N–H and O–H groups in total. The van der Waals surface area contributed by atoms with Crippen LogP contribution in [0, 0.1) is 0 Å². The van der Waals surface area contributed by atoms with E-state index in [4.69, 9.17) is 23.4 Å². The van der Waals surface area contributed by atoms with Crippen LogP contribution in [-0.4, -0.2) is 38.9 Å². The molecule has 3 aromatic rings. The van der Waals surface area contributed by atoms with Gasteiger partial charge >= 0.3 is 5.97 Å². The third-order valence-electron chi connectivity index (χ3n) is 4.41. The van der Waals surface area contributed by atoms with Crippen molar-refractivity contribution in [3.05, 3.63) is 71.7 Å².